The van der Waals surface area contributed by atoms with Gasteiger partial charge < -0.3 is 4.90 Å². The summed E-state index contributed by atoms with van der Waals surface area (Å²) in [6.07, 6.45) is 5.16. The van der Waals surface area contributed by atoms with E-state index < -0.39 is 11.6 Å². The van der Waals surface area contributed by atoms with Gasteiger partial charge in [-0.1, -0.05) is 37.6 Å². The highest BCUT2D eigenvalue weighted by Gasteiger charge is 2.13. The minimum Gasteiger partial charge on any atom is -0.303 e. The van der Waals surface area contributed by atoms with E-state index in [4.69, 9.17) is 0 Å². The second-order valence-corrected chi connectivity index (χ2v) is 6.84. The molecule has 1 nitrogen and oxygen atoms in total. The van der Waals surface area contributed by atoms with Crippen molar-refractivity contribution < 1.29 is 8.78 Å². The predicted molar refractivity (Wildman–Crippen MR) is 95.1 cm³/mol. The molecule has 1 heterocycles. The summed E-state index contributed by atoms with van der Waals surface area (Å²) < 4.78 is 26.9. The third-order valence-corrected chi connectivity index (χ3v) is 5.05. The molecular weight excluding hydrogens is 304 g/mol. The number of piperidine rings is 1. The minimum absolute atomic E-state index is 0.448. The Morgan fingerprint density at radius 3 is 2.33 bits per heavy atom. The van der Waals surface area contributed by atoms with Crippen LogP contribution in [0.15, 0.2) is 42.5 Å². The molecule has 1 atom stereocenters. The fourth-order valence-electron chi connectivity index (χ4n) is 3.44. The number of hydrogen-bond donors (Lipinski definition) is 0. The summed E-state index contributed by atoms with van der Waals surface area (Å²) in [5, 5.41) is 0. The maximum absolute atomic E-state index is 13.9. The van der Waals surface area contributed by atoms with Crippen molar-refractivity contribution in [3.05, 3.63) is 59.7 Å². The molecule has 0 amide bonds. The highest BCUT2D eigenvalue weighted by molar-refractivity contribution is 5.64. The molecule has 0 bridgehead atoms. The van der Waals surface area contributed by atoms with Crippen molar-refractivity contribution in [1.29, 1.82) is 0 Å². The summed E-state index contributed by atoms with van der Waals surface area (Å²) in [6, 6.07) is 11.7. The van der Waals surface area contributed by atoms with Crippen LogP contribution >= 0.6 is 0 Å². The molecule has 128 valence electrons. The summed E-state index contributed by atoms with van der Waals surface area (Å²) >= 11 is 0. The van der Waals surface area contributed by atoms with Gasteiger partial charge in [0.1, 0.15) is 11.6 Å². The van der Waals surface area contributed by atoms with Gasteiger partial charge in [-0.2, -0.15) is 0 Å². The van der Waals surface area contributed by atoms with Crippen LogP contribution in [0.3, 0.4) is 0 Å². The molecule has 1 aliphatic rings. The first-order valence-electron chi connectivity index (χ1n) is 8.91. The maximum Gasteiger partial charge on any atom is 0.133 e. The molecule has 2 aromatic carbocycles. The summed E-state index contributed by atoms with van der Waals surface area (Å²) in [7, 11) is 0. The summed E-state index contributed by atoms with van der Waals surface area (Å²) in [5.74, 6) is -0.570. The zero-order valence-electron chi connectivity index (χ0n) is 14.3. The van der Waals surface area contributed by atoms with Crippen LogP contribution in [-0.2, 0) is 0 Å². The number of nitrogens with zero attached hydrogens (tertiary/aromatic N) is 1. The maximum atomic E-state index is 13.9. The van der Waals surface area contributed by atoms with Crippen molar-refractivity contribution >= 4 is 0 Å². The van der Waals surface area contributed by atoms with E-state index in [9.17, 15) is 8.78 Å². The van der Waals surface area contributed by atoms with E-state index in [1.54, 1.807) is 0 Å². The average Bonchev–Trinajstić information content (AvgIpc) is 2.61. The molecule has 1 saturated heterocycles. The lowest BCUT2D eigenvalue weighted by molar-refractivity contribution is 0.222. The molecule has 3 heteroatoms. The fraction of sp³-hybridized carbons (Fsp3) is 0.429. The molecular formula is C21H25F2N. The van der Waals surface area contributed by atoms with E-state index >= 15 is 0 Å². The Morgan fingerprint density at radius 1 is 0.958 bits per heavy atom. The van der Waals surface area contributed by atoms with Gasteiger partial charge in [-0.15, -0.1) is 0 Å². The number of likely N-dealkylation sites (tertiary alicyclic amines) is 1. The van der Waals surface area contributed by atoms with Gasteiger partial charge in [0.05, 0.1) is 0 Å². The normalized spacial score (nSPS) is 17.0. The number of hydrogen-bond acceptors (Lipinski definition) is 1. The van der Waals surface area contributed by atoms with Crippen molar-refractivity contribution in [2.24, 2.45) is 0 Å². The largest absolute Gasteiger partial charge is 0.303 e. The molecule has 0 aromatic heterocycles. The molecule has 0 spiro atoms. The topological polar surface area (TPSA) is 3.24 Å². The van der Waals surface area contributed by atoms with Gasteiger partial charge in [0, 0.05) is 11.6 Å². The van der Waals surface area contributed by atoms with Gasteiger partial charge in [0.25, 0.3) is 0 Å². The van der Waals surface area contributed by atoms with Crippen LogP contribution in [0.4, 0.5) is 8.78 Å². The Bertz CT molecular complexity index is 660. The second kappa shape index (κ2) is 7.89. The van der Waals surface area contributed by atoms with E-state index in [-0.39, 0.29) is 0 Å². The number of rotatable bonds is 5. The van der Waals surface area contributed by atoms with Crippen molar-refractivity contribution in [1.82, 2.24) is 4.90 Å². The summed E-state index contributed by atoms with van der Waals surface area (Å²) in [4.78, 5) is 2.56. The van der Waals surface area contributed by atoms with Crippen LogP contribution in [0.1, 0.15) is 44.1 Å². The van der Waals surface area contributed by atoms with Gasteiger partial charge in [-0.3, -0.25) is 0 Å². The first-order chi connectivity index (χ1) is 11.6. The Labute approximate surface area is 143 Å². The van der Waals surface area contributed by atoms with Crippen molar-refractivity contribution in [3.63, 3.8) is 0 Å². The van der Waals surface area contributed by atoms with Crippen LogP contribution in [0.5, 0.6) is 0 Å². The molecule has 1 aliphatic heterocycles. The van der Waals surface area contributed by atoms with Crippen LogP contribution in [0.2, 0.25) is 0 Å². The summed E-state index contributed by atoms with van der Waals surface area (Å²) in [5.41, 5.74) is 2.52. The molecule has 24 heavy (non-hydrogen) atoms. The molecule has 1 fully saturated rings. The highest BCUT2D eigenvalue weighted by atomic mass is 19.1. The first-order valence-corrected chi connectivity index (χ1v) is 8.91. The Kier molecular flexibility index (Phi) is 5.62. The Hall–Kier alpha value is -1.74. The van der Waals surface area contributed by atoms with Crippen LogP contribution in [0.25, 0.3) is 11.1 Å². The summed E-state index contributed by atoms with van der Waals surface area (Å²) in [6.45, 7) is 5.86. The van der Waals surface area contributed by atoms with Crippen LogP contribution < -0.4 is 0 Å². The number of benzene rings is 2. The molecule has 0 saturated carbocycles. The Balaban J connectivity index is 1.62. The van der Waals surface area contributed by atoms with E-state index in [1.807, 2.05) is 12.1 Å². The predicted octanol–water partition coefficient (Wildman–Crippen LogP) is 5.61. The lowest BCUT2D eigenvalue weighted by Crippen LogP contribution is -2.31. The van der Waals surface area contributed by atoms with Crippen molar-refractivity contribution in [2.75, 3.05) is 19.6 Å². The monoisotopic (exact) mass is 329 g/mol. The van der Waals surface area contributed by atoms with Gasteiger partial charge in [0.2, 0.25) is 0 Å². The zero-order valence-corrected chi connectivity index (χ0v) is 14.3. The first kappa shape index (κ1) is 17.1. The molecule has 0 N–H and O–H groups in total. The lowest BCUT2D eigenvalue weighted by atomic mass is 9.94. The third kappa shape index (κ3) is 4.21. The fourth-order valence-corrected chi connectivity index (χ4v) is 3.44. The van der Waals surface area contributed by atoms with Crippen molar-refractivity contribution in [3.8, 4) is 11.1 Å². The number of halogens is 2. The van der Waals surface area contributed by atoms with E-state index in [2.05, 4.69) is 24.0 Å². The molecule has 3 rings (SSSR count). The highest BCUT2D eigenvalue weighted by Crippen LogP contribution is 2.27. The van der Waals surface area contributed by atoms with E-state index in [1.165, 1.54) is 50.0 Å². The van der Waals surface area contributed by atoms with Gasteiger partial charge >= 0.3 is 0 Å². The molecule has 0 aliphatic carbocycles. The standard InChI is InChI=1S/C21H25F2N/c1-16(11-14-24-12-3-2-4-13-24)17-5-7-18(8-6-17)20-10-9-19(22)15-21(20)23/h5-10,15-16H,2-4,11-14H2,1H3. The quantitative estimate of drug-likeness (QED) is 0.689. The average molecular weight is 329 g/mol. The van der Waals surface area contributed by atoms with E-state index in [0.717, 1.165) is 24.6 Å². The van der Waals surface area contributed by atoms with Crippen LogP contribution in [0, 0.1) is 11.6 Å². The molecule has 1 unspecified atom stereocenters. The lowest BCUT2D eigenvalue weighted by Gasteiger charge is -2.27. The van der Waals surface area contributed by atoms with Gasteiger partial charge in [-0.05, 0) is 68.1 Å². The zero-order chi connectivity index (χ0) is 16.9. The minimum atomic E-state index is -0.542. The third-order valence-electron chi connectivity index (χ3n) is 5.05. The van der Waals surface area contributed by atoms with Gasteiger partial charge in [-0.25, -0.2) is 8.78 Å². The SMILES string of the molecule is CC(CCN1CCCCC1)c1ccc(-c2ccc(F)cc2F)cc1. The van der Waals surface area contributed by atoms with E-state index in [0.29, 0.717) is 11.5 Å². The smallest absolute Gasteiger partial charge is 0.133 e. The Morgan fingerprint density at radius 2 is 1.67 bits per heavy atom. The van der Waals surface area contributed by atoms with Gasteiger partial charge in [0.15, 0.2) is 0 Å². The molecule has 2 aromatic rings. The van der Waals surface area contributed by atoms with Crippen LogP contribution in [-0.4, -0.2) is 24.5 Å². The van der Waals surface area contributed by atoms with Crippen molar-refractivity contribution in [2.45, 2.75) is 38.5 Å². The second-order valence-electron chi connectivity index (χ2n) is 6.84. The molecule has 0 radical (unpaired) electrons.